The van der Waals surface area contributed by atoms with E-state index in [1.54, 1.807) is 0 Å². The maximum atomic E-state index is 5.41. The number of aliphatic imine (C=N–C) groups is 1. The van der Waals surface area contributed by atoms with E-state index < -0.39 is 0 Å². The second kappa shape index (κ2) is 5.97. The Labute approximate surface area is 81.8 Å². The van der Waals surface area contributed by atoms with Crippen LogP contribution < -0.4 is 11.1 Å². The van der Waals surface area contributed by atoms with Crippen molar-refractivity contribution in [3.05, 3.63) is 0 Å². The van der Waals surface area contributed by atoms with Crippen LogP contribution in [0.15, 0.2) is 4.99 Å². The summed E-state index contributed by atoms with van der Waals surface area (Å²) in [7, 11) is 0. The van der Waals surface area contributed by atoms with E-state index in [0.29, 0.717) is 5.84 Å². The standard InChI is InChI=1S/C10H23N3/c1-9(11)12-7-5-6-8-13-10(2,3)4/h13H,5-8H2,1-4H3,(H2,11,12). The molecule has 0 aliphatic heterocycles. The van der Waals surface area contributed by atoms with E-state index in [0.717, 1.165) is 25.9 Å². The first-order chi connectivity index (χ1) is 5.92. The fraction of sp³-hybridized carbons (Fsp3) is 0.900. The van der Waals surface area contributed by atoms with E-state index in [1.165, 1.54) is 0 Å². The average Bonchev–Trinajstić information content (AvgIpc) is 1.93. The molecule has 3 N–H and O–H groups in total. The van der Waals surface area contributed by atoms with Gasteiger partial charge in [0.25, 0.3) is 0 Å². The number of rotatable bonds is 5. The monoisotopic (exact) mass is 185 g/mol. The zero-order valence-electron chi connectivity index (χ0n) is 9.35. The first kappa shape index (κ1) is 12.4. The summed E-state index contributed by atoms with van der Waals surface area (Å²) in [4.78, 5) is 4.13. The van der Waals surface area contributed by atoms with E-state index in [4.69, 9.17) is 5.73 Å². The predicted molar refractivity (Wildman–Crippen MR) is 59.2 cm³/mol. The molecule has 3 heteroatoms. The van der Waals surface area contributed by atoms with Gasteiger partial charge >= 0.3 is 0 Å². The smallest absolute Gasteiger partial charge is 0.0905 e. The molecule has 0 aliphatic rings. The van der Waals surface area contributed by atoms with Gasteiger partial charge in [-0.2, -0.15) is 0 Å². The fourth-order valence-corrected chi connectivity index (χ4v) is 0.956. The maximum Gasteiger partial charge on any atom is 0.0905 e. The zero-order chi connectivity index (χ0) is 10.3. The van der Waals surface area contributed by atoms with Gasteiger partial charge in [0, 0.05) is 12.1 Å². The number of nitrogens with one attached hydrogen (secondary N) is 1. The molecule has 0 saturated heterocycles. The Bertz CT molecular complexity index is 152. The summed E-state index contributed by atoms with van der Waals surface area (Å²) in [6.07, 6.45) is 2.27. The van der Waals surface area contributed by atoms with Gasteiger partial charge in [-0.3, -0.25) is 4.99 Å². The summed E-state index contributed by atoms with van der Waals surface area (Å²) < 4.78 is 0. The highest BCUT2D eigenvalue weighted by molar-refractivity contribution is 5.77. The third kappa shape index (κ3) is 11.4. The summed E-state index contributed by atoms with van der Waals surface area (Å²) in [5, 5.41) is 3.43. The molecule has 13 heavy (non-hydrogen) atoms. The van der Waals surface area contributed by atoms with Gasteiger partial charge in [0.05, 0.1) is 5.84 Å². The van der Waals surface area contributed by atoms with Crippen LogP contribution in [-0.4, -0.2) is 24.5 Å². The SMILES string of the molecule is CC(N)=NCCCCNC(C)(C)C. The first-order valence-electron chi connectivity index (χ1n) is 4.93. The van der Waals surface area contributed by atoms with Gasteiger partial charge in [0.1, 0.15) is 0 Å². The van der Waals surface area contributed by atoms with Gasteiger partial charge in [-0.05, 0) is 47.1 Å². The number of nitrogens with zero attached hydrogens (tertiary/aromatic N) is 1. The Hall–Kier alpha value is -0.570. The number of nitrogens with two attached hydrogens (primary N) is 1. The second-order valence-corrected chi connectivity index (χ2v) is 4.41. The van der Waals surface area contributed by atoms with Crippen molar-refractivity contribution in [1.29, 1.82) is 0 Å². The van der Waals surface area contributed by atoms with Crippen molar-refractivity contribution < 1.29 is 0 Å². The quantitative estimate of drug-likeness (QED) is 0.388. The number of unbranched alkanes of at least 4 members (excludes halogenated alkanes) is 1. The predicted octanol–water partition coefficient (Wildman–Crippen LogP) is 1.53. The fourth-order valence-electron chi connectivity index (χ4n) is 0.956. The Morgan fingerprint density at radius 1 is 1.31 bits per heavy atom. The van der Waals surface area contributed by atoms with E-state index >= 15 is 0 Å². The van der Waals surface area contributed by atoms with Crippen molar-refractivity contribution in [2.45, 2.75) is 46.1 Å². The normalized spacial score (nSPS) is 13.4. The van der Waals surface area contributed by atoms with Crippen LogP contribution in [0.3, 0.4) is 0 Å². The molecular formula is C10H23N3. The van der Waals surface area contributed by atoms with Gasteiger partial charge in [-0.25, -0.2) is 0 Å². The van der Waals surface area contributed by atoms with Crippen LogP contribution in [0.4, 0.5) is 0 Å². The highest BCUT2D eigenvalue weighted by Gasteiger charge is 2.06. The highest BCUT2D eigenvalue weighted by atomic mass is 14.9. The van der Waals surface area contributed by atoms with Crippen molar-refractivity contribution in [1.82, 2.24) is 5.32 Å². The van der Waals surface area contributed by atoms with E-state index in [9.17, 15) is 0 Å². The molecule has 3 nitrogen and oxygen atoms in total. The van der Waals surface area contributed by atoms with E-state index in [-0.39, 0.29) is 5.54 Å². The molecule has 0 spiro atoms. The molecule has 0 unspecified atom stereocenters. The van der Waals surface area contributed by atoms with Crippen LogP contribution in [0.5, 0.6) is 0 Å². The lowest BCUT2D eigenvalue weighted by atomic mass is 10.1. The van der Waals surface area contributed by atoms with Gasteiger partial charge < -0.3 is 11.1 Å². The Morgan fingerprint density at radius 2 is 1.92 bits per heavy atom. The topological polar surface area (TPSA) is 50.4 Å². The summed E-state index contributed by atoms with van der Waals surface area (Å²) in [6.45, 7) is 10.3. The third-order valence-corrected chi connectivity index (χ3v) is 1.60. The molecular weight excluding hydrogens is 162 g/mol. The van der Waals surface area contributed by atoms with Crippen molar-refractivity contribution in [3.8, 4) is 0 Å². The lowest BCUT2D eigenvalue weighted by Crippen LogP contribution is -2.36. The van der Waals surface area contributed by atoms with Crippen LogP contribution in [0, 0.1) is 0 Å². The molecule has 0 bridgehead atoms. The lowest BCUT2D eigenvalue weighted by Gasteiger charge is -2.20. The third-order valence-electron chi connectivity index (χ3n) is 1.60. The van der Waals surface area contributed by atoms with Crippen molar-refractivity contribution in [3.63, 3.8) is 0 Å². The number of hydrogen-bond donors (Lipinski definition) is 2. The van der Waals surface area contributed by atoms with Crippen molar-refractivity contribution in [2.75, 3.05) is 13.1 Å². The minimum atomic E-state index is 0.229. The Balaban J connectivity index is 3.23. The highest BCUT2D eigenvalue weighted by Crippen LogP contribution is 1.99. The minimum Gasteiger partial charge on any atom is -0.388 e. The Morgan fingerprint density at radius 3 is 2.38 bits per heavy atom. The molecule has 0 aromatic carbocycles. The second-order valence-electron chi connectivity index (χ2n) is 4.41. The van der Waals surface area contributed by atoms with Crippen molar-refractivity contribution >= 4 is 5.84 Å². The van der Waals surface area contributed by atoms with Crippen LogP contribution in [0.1, 0.15) is 40.5 Å². The van der Waals surface area contributed by atoms with Gasteiger partial charge in [0.15, 0.2) is 0 Å². The van der Waals surface area contributed by atoms with E-state index in [1.807, 2.05) is 6.92 Å². The zero-order valence-corrected chi connectivity index (χ0v) is 9.35. The van der Waals surface area contributed by atoms with Crippen LogP contribution >= 0.6 is 0 Å². The molecule has 0 atom stereocenters. The molecule has 0 aliphatic carbocycles. The molecule has 78 valence electrons. The number of amidine groups is 1. The summed E-state index contributed by atoms with van der Waals surface area (Å²) >= 11 is 0. The molecule has 0 amide bonds. The summed E-state index contributed by atoms with van der Waals surface area (Å²) in [5.74, 6) is 0.684. The average molecular weight is 185 g/mol. The maximum absolute atomic E-state index is 5.41. The number of hydrogen-bond acceptors (Lipinski definition) is 2. The van der Waals surface area contributed by atoms with Crippen molar-refractivity contribution in [2.24, 2.45) is 10.7 Å². The molecule has 0 rings (SSSR count). The lowest BCUT2D eigenvalue weighted by molar-refractivity contribution is 0.419. The Kier molecular flexibility index (Phi) is 5.71. The summed E-state index contributed by atoms with van der Waals surface area (Å²) in [6, 6.07) is 0. The molecule has 0 aromatic heterocycles. The molecule has 0 radical (unpaired) electrons. The summed E-state index contributed by atoms with van der Waals surface area (Å²) in [5.41, 5.74) is 5.64. The molecule has 0 aromatic rings. The van der Waals surface area contributed by atoms with Gasteiger partial charge in [-0.1, -0.05) is 0 Å². The van der Waals surface area contributed by atoms with Crippen LogP contribution in [-0.2, 0) is 0 Å². The van der Waals surface area contributed by atoms with E-state index in [2.05, 4.69) is 31.1 Å². The minimum absolute atomic E-state index is 0.229. The first-order valence-corrected chi connectivity index (χ1v) is 4.93. The molecule has 0 saturated carbocycles. The van der Waals surface area contributed by atoms with Crippen LogP contribution in [0.25, 0.3) is 0 Å². The molecule has 0 heterocycles. The molecule has 0 fully saturated rings. The van der Waals surface area contributed by atoms with Crippen LogP contribution in [0.2, 0.25) is 0 Å². The van der Waals surface area contributed by atoms with Gasteiger partial charge in [0.2, 0.25) is 0 Å². The largest absolute Gasteiger partial charge is 0.388 e. The van der Waals surface area contributed by atoms with Gasteiger partial charge in [-0.15, -0.1) is 0 Å².